The van der Waals surface area contributed by atoms with E-state index in [4.69, 9.17) is 0 Å². The molecule has 0 unspecified atom stereocenters. The van der Waals surface area contributed by atoms with Gasteiger partial charge in [0.2, 0.25) is 0 Å². The summed E-state index contributed by atoms with van der Waals surface area (Å²) in [6.07, 6.45) is -2.17. The van der Waals surface area contributed by atoms with E-state index in [2.05, 4.69) is 19.5 Å². The minimum atomic E-state index is -3.76. The van der Waals surface area contributed by atoms with Crippen LogP contribution in [-0.2, 0) is 6.61 Å². The van der Waals surface area contributed by atoms with Crippen LogP contribution in [0, 0.1) is 0 Å². The Labute approximate surface area is 173 Å². The van der Waals surface area contributed by atoms with Crippen LogP contribution in [0.2, 0.25) is 0 Å². The number of aromatic nitrogens is 2. The van der Waals surface area contributed by atoms with Crippen LogP contribution in [0.3, 0.4) is 0 Å². The molecule has 11 heteroatoms. The average Bonchev–Trinajstić information content (AvgIpc) is 3.23. The first-order valence-electron chi connectivity index (χ1n) is 8.72. The number of pyridine rings is 1. The molecule has 1 aliphatic rings. The molecule has 3 heterocycles. The Morgan fingerprint density at radius 1 is 1.27 bits per heavy atom. The molecule has 0 saturated carbocycles. The molecule has 1 N–H and O–H groups in total. The Morgan fingerprint density at radius 2 is 2.03 bits per heavy atom. The SMILES string of the molecule is CN(C)C(=O)/N=c1\sc(CO)c(-c2ccccn2)n1-c1ccc2c(c1)OC(F)(F)O2. The van der Waals surface area contributed by atoms with Gasteiger partial charge >= 0.3 is 12.3 Å². The average molecular weight is 434 g/mol. The number of ether oxygens (including phenoxy) is 2. The minimum Gasteiger partial charge on any atom is -0.395 e. The number of amides is 2. The van der Waals surface area contributed by atoms with Gasteiger partial charge in [0, 0.05) is 26.4 Å². The van der Waals surface area contributed by atoms with Gasteiger partial charge < -0.3 is 19.5 Å². The molecule has 30 heavy (non-hydrogen) atoms. The number of alkyl halides is 2. The Kier molecular flexibility index (Phi) is 5.00. The Balaban J connectivity index is 1.98. The van der Waals surface area contributed by atoms with Crippen LogP contribution >= 0.6 is 11.3 Å². The van der Waals surface area contributed by atoms with E-state index in [1.807, 2.05) is 0 Å². The van der Waals surface area contributed by atoms with Crippen molar-refractivity contribution < 1.29 is 28.2 Å². The molecule has 0 spiro atoms. The zero-order valence-corrected chi connectivity index (χ0v) is 16.7. The van der Waals surface area contributed by atoms with Crippen molar-refractivity contribution in [1.82, 2.24) is 14.5 Å². The number of urea groups is 1. The highest BCUT2D eigenvalue weighted by Crippen LogP contribution is 2.42. The standard InChI is InChI=1S/C19H16F2N4O4S/c1-24(2)17(27)23-18-25(11-6-7-13-14(9-11)29-19(20,21)28-13)16(15(10-26)30-18)12-5-3-4-8-22-12/h3-9,26H,10H2,1-2H3/b23-18-. The molecular formula is C19H16F2N4O4S. The fraction of sp³-hybridized carbons (Fsp3) is 0.211. The van der Waals surface area contributed by atoms with Crippen LogP contribution in [-0.4, -0.2) is 46.0 Å². The third-order valence-corrected chi connectivity index (χ3v) is 5.19. The number of aliphatic hydroxyl groups excluding tert-OH is 1. The summed E-state index contributed by atoms with van der Waals surface area (Å²) in [7, 11) is 3.11. The number of halogens is 2. The van der Waals surface area contributed by atoms with Crippen molar-refractivity contribution >= 4 is 17.4 Å². The Morgan fingerprint density at radius 3 is 2.70 bits per heavy atom. The highest BCUT2D eigenvalue weighted by Gasteiger charge is 2.43. The van der Waals surface area contributed by atoms with Gasteiger partial charge in [-0.25, -0.2) is 4.79 Å². The van der Waals surface area contributed by atoms with Gasteiger partial charge in [0.1, 0.15) is 0 Å². The molecule has 0 saturated heterocycles. The molecule has 1 aromatic carbocycles. The Hall–Kier alpha value is -3.31. The highest BCUT2D eigenvalue weighted by molar-refractivity contribution is 7.09. The molecular weight excluding hydrogens is 418 g/mol. The van der Waals surface area contributed by atoms with Gasteiger partial charge in [-0.05, 0) is 24.3 Å². The van der Waals surface area contributed by atoms with Gasteiger partial charge in [-0.15, -0.1) is 8.78 Å². The van der Waals surface area contributed by atoms with Crippen molar-refractivity contribution in [2.24, 2.45) is 4.99 Å². The zero-order chi connectivity index (χ0) is 21.5. The number of aliphatic hydroxyl groups is 1. The van der Waals surface area contributed by atoms with Gasteiger partial charge in [-0.3, -0.25) is 9.55 Å². The van der Waals surface area contributed by atoms with Gasteiger partial charge in [-0.1, -0.05) is 17.4 Å². The van der Waals surface area contributed by atoms with E-state index < -0.39 is 12.3 Å². The second kappa shape index (κ2) is 7.50. The van der Waals surface area contributed by atoms with Crippen molar-refractivity contribution in [1.29, 1.82) is 0 Å². The fourth-order valence-corrected chi connectivity index (χ4v) is 3.85. The second-order valence-electron chi connectivity index (χ2n) is 6.45. The fourth-order valence-electron chi connectivity index (χ4n) is 2.86. The Bertz CT molecular complexity index is 1180. The summed E-state index contributed by atoms with van der Waals surface area (Å²) in [6, 6.07) is 8.95. The van der Waals surface area contributed by atoms with Crippen molar-refractivity contribution in [3.63, 3.8) is 0 Å². The summed E-state index contributed by atoms with van der Waals surface area (Å²) in [6.45, 7) is -0.329. The number of benzene rings is 1. The van der Waals surface area contributed by atoms with Gasteiger partial charge in [0.15, 0.2) is 16.3 Å². The monoisotopic (exact) mass is 434 g/mol. The molecule has 156 valence electrons. The molecule has 0 radical (unpaired) electrons. The number of fused-ring (bicyclic) bond motifs is 1. The minimum absolute atomic E-state index is 0.107. The number of rotatable bonds is 3. The van der Waals surface area contributed by atoms with E-state index in [9.17, 15) is 18.7 Å². The number of hydrogen-bond acceptors (Lipinski definition) is 6. The van der Waals surface area contributed by atoms with Crippen molar-refractivity contribution in [3.05, 3.63) is 52.3 Å². The van der Waals surface area contributed by atoms with Crippen molar-refractivity contribution in [3.8, 4) is 28.6 Å². The summed E-state index contributed by atoms with van der Waals surface area (Å²) < 4.78 is 37.5. The molecule has 3 aromatic rings. The third kappa shape index (κ3) is 3.64. The van der Waals surface area contributed by atoms with Crippen molar-refractivity contribution in [2.75, 3.05) is 14.1 Å². The van der Waals surface area contributed by atoms with Gasteiger partial charge in [-0.2, -0.15) is 4.99 Å². The maximum Gasteiger partial charge on any atom is 0.586 e. The topological polar surface area (TPSA) is 89.2 Å². The predicted molar refractivity (Wildman–Crippen MR) is 104 cm³/mol. The molecule has 8 nitrogen and oxygen atoms in total. The number of thiazole rings is 1. The summed E-state index contributed by atoms with van der Waals surface area (Å²) in [5.74, 6) is -0.261. The largest absolute Gasteiger partial charge is 0.586 e. The lowest BCUT2D eigenvalue weighted by Crippen LogP contribution is -2.26. The smallest absolute Gasteiger partial charge is 0.395 e. The number of nitrogens with zero attached hydrogens (tertiary/aromatic N) is 4. The number of carbonyl (C=O) groups excluding carboxylic acids is 1. The molecule has 1 aliphatic heterocycles. The summed E-state index contributed by atoms with van der Waals surface area (Å²) in [4.78, 5) is 22.7. The van der Waals surface area contributed by atoms with E-state index in [0.29, 0.717) is 22.0 Å². The van der Waals surface area contributed by atoms with Crippen LogP contribution in [0.15, 0.2) is 47.6 Å². The second-order valence-corrected chi connectivity index (χ2v) is 7.51. The van der Waals surface area contributed by atoms with Gasteiger partial charge in [0.25, 0.3) is 0 Å². The van der Waals surface area contributed by atoms with Crippen molar-refractivity contribution in [2.45, 2.75) is 12.9 Å². The lowest BCUT2D eigenvalue weighted by Gasteiger charge is -2.11. The molecule has 2 amide bonds. The third-order valence-electron chi connectivity index (χ3n) is 4.16. The zero-order valence-electron chi connectivity index (χ0n) is 15.9. The predicted octanol–water partition coefficient (Wildman–Crippen LogP) is 3.00. The number of hydrogen-bond donors (Lipinski definition) is 1. The van der Waals surface area contributed by atoms with E-state index in [0.717, 1.165) is 11.3 Å². The lowest BCUT2D eigenvalue weighted by molar-refractivity contribution is -0.286. The normalized spacial score (nSPS) is 14.8. The first-order chi connectivity index (χ1) is 14.3. The maximum absolute atomic E-state index is 13.5. The maximum atomic E-state index is 13.5. The van der Waals surface area contributed by atoms with Crippen LogP contribution in [0.5, 0.6) is 11.5 Å². The van der Waals surface area contributed by atoms with E-state index in [1.165, 1.54) is 23.1 Å². The molecule has 0 bridgehead atoms. The first kappa shape index (κ1) is 20.0. The van der Waals surface area contributed by atoms with Crippen LogP contribution < -0.4 is 14.3 Å². The summed E-state index contributed by atoms with van der Waals surface area (Å²) in [5, 5.41) is 9.92. The van der Waals surface area contributed by atoms with Gasteiger partial charge in [0.05, 0.1) is 28.6 Å². The molecule has 2 aromatic heterocycles. The highest BCUT2D eigenvalue weighted by atomic mass is 32.1. The summed E-state index contributed by atoms with van der Waals surface area (Å²) in [5.41, 5.74) is 1.38. The molecule has 0 atom stereocenters. The molecule has 0 aliphatic carbocycles. The van der Waals surface area contributed by atoms with E-state index >= 15 is 0 Å². The van der Waals surface area contributed by atoms with Crippen LogP contribution in [0.4, 0.5) is 13.6 Å². The number of carbonyl (C=O) groups is 1. The quantitative estimate of drug-likeness (QED) is 0.685. The lowest BCUT2D eigenvalue weighted by atomic mass is 10.2. The molecule has 0 fully saturated rings. The van der Waals surface area contributed by atoms with E-state index in [1.54, 1.807) is 43.1 Å². The summed E-state index contributed by atoms with van der Waals surface area (Å²) >= 11 is 1.09. The molecule has 4 rings (SSSR count). The van der Waals surface area contributed by atoms with Crippen LogP contribution in [0.1, 0.15) is 4.88 Å². The van der Waals surface area contributed by atoms with E-state index in [-0.39, 0.29) is 22.9 Å². The van der Waals surface area contributed by atoms with Crippen LogP contribution in [0.25, 0.3) is 17.1 Å². The first-order valence-corrected chi connectivity index (χ1v) is 9.54.